The van der Waals surface area contributed by atoms with Gasteiger partial charge in [0.2, 0.25) is 5.91 Å². The van der Waals surface area contributed by atoms with Crippen LogP contribution >= 0.6 is 0 Å². The number of carbonyl (C=O) groups excluding carboxylic acids is 1. The van der Waals surface area contributed by atoms with Gasteiger partial charge in [-0.15, -0.1) is 0 Å². The van der Waals surface area contributed by atoms with E-state index in [9.17, 15) is 14.7 Å². The van der Waals surface area contributed by atoms with Crippen LogP contribution in [0.1, 0.15) is 32.6 Å². The smallest absolute Gasteiger partial charge is 0.328 e. The van der Waals surface area contributed by atoms with E-state index in [1.807, 2.05) is 0 Å². The lowest BCUT2D eigenvalue weighted by molar-refractivity contribution is -0.145. The number of aliphatic carboxylic acids is 1. The minimum Gasteiger partial charge on any atom is -0.480 e. The van der Waals surface area contributed by atoms with Gasteiger partial charge in [-0.25, -0.2) is 4.79 Å². The summed E-state index contributed by atoms with van der Waals surface area (Å²) < 4.78 is 0. The molecule has 0 bridgehead atoms. The summed E-state index contributed by atoms with van der Waals surface area (Å²) in [5.41, 5.74) is 0. The minimum absolute atomic E-state index is 0.0781. The van der Waals surface area contributed by atoms with E-state index in [0.717, 1.165) is 25.7 Å². The second-order valence-electron chi connectivity index (χ2n) is 4.05. The van der Waals surface area contributed by atoms with Gasteiger partial charge in [0, 0.05) is 5.92 Å². The van der Waals surface area contributed by atoms with Gasteiger partial charge in [-0.1, -0.05) is 12.8 Å². The Labute approximate surface area is 88.5 Å². The van der Waals surface area contributed by atoms with E-state index >= 15 is 0 Å². The maximum absolute atomic E-state index is 11.6. The van der Waals surface area contributed by atoms with Crippen LogP contribution in [0, 0.1) is 5.92 Å². The molecule has 1 amide bonds. The molecule has 86 valence electrons. The lowest BCUT2D eigenvalue weighted by Gasteiger charge is -2.19. The maximum Gasteiger partial charge on any atom is 0.328 e. The summed E-state index contributed by atoms with van der Waals surface area (Å²) in [7, 11) is 0. The summed E-state index contributed by atoms with van der Waals surface area (Å²) in [4.78, 5) is 22.3. The summed E-state index contributed by atoms with van der Waals surface area (Å²) >= 11 is 0. The number of nitrogens with one attached hydrogen (secondary N) is 1. The molecule has 0 radical (unpaired) electrons. The third kappa shape index (κ3) is 3.20. The van der Waals surface area contributed by atoms with Crippen LogP contribution in [0.4, 0.5) is 0 Å². The average Bonchev–Trinajstić information content (AvgIpc) is 2.65. The molecule has 0 aromatic carbocycles. The van der Waals surface area contributed by atoms with Crippen molar-refractivity contribution >= 4 is 11.9 Å². The SMILES string of the molecule is C[C@@H](O)[C@@H](NC(=O)C1CCCC1)C(=O)O. The van der Waals surface area contributed by atoms with E-state index in [4.69, 9.17) is 5.11 Å². The summed E-state index contributed by atoms with van der Waals surface area (Å²) in [6.45, 7) is 1.35. The number of amides is 1. The van der Waals surface area contributed by atoms with Crippen molar-refractivity contribution in [2.75, 3.05) is 0 Å². The van der Waals surface area contributed by atoms with Gasteiger partial charge >= 0.3 is 5.97 Å². The first-order valence-corrected chi connectivity index (χ1v) is 5.23. The number of aliphatic hydroxyl groups excluding tert-OH is 1. The van der Waals surface area contributed by atoms with Gasteiger partial charge in [-0.3, -0.25) is 4.79 Å². The van der Waals surface area contributed by atoms with Gasteiger partial charge in [0.15, 0.2) is 6.04 Å². The van der Waals surface area contributed by atoms with Gasteiger partial charge in [-0.05, 0) is 19.8 Å². The van der Waals surface area contributed by atoms with Crippen molar-refractivity contribution in [2.24, 2.45) is 5.92 Å². The maximum atomic E-state index is 11.6. The molecular weight excluding hydrogens is 198 g/mol. The Morgan fingerprint density at radius 1 is 1.33 bits per heavy atom. The Bertz CT molecular complexity index is 246. The van der Waals surface area contributed by atoms with Crippen LogP contribution in [0.3, 0.4) is 0 Å². The van der Waals surface area contributed by atoms with Crippen LogP contribution in [0.15, 0.2) is 0 Å². The molecule has 1 rings (SSSR count). The highest BCUT2D eigenvalue weighted by Gasteiger charge is 2.29. The summed E-state index contributed by atoms with van der Waals surface area (Å²) in [6, 6.07) is -1.20. The monoisotopic (exact) mass is 215 g/mol. The third-order valence-corrected chi connectivity index (χ3v) is 2.77. The Balaban J connectivity index is 2.50. The number of hydrogen-bond acceptors (Lipinski definition) is 3. The standard InChI is InChI=1S/C10H17NO4/c1-6(12)8(10(14)15)11-9(13)7-4-2-3-5-7/h6-8,12H,2-5H2,1H3,(H,11,13)(H,14,15)/t6-,8-/m1/s1. The van der Waals surface area contributed by atoms with Gasteiger partial charge in [0.1, 0.15) is 0 Å². The van der Waals surface area contributed by atoms with Crippen molar-refractivity contribution in [3.63, 3.8) is 0 Å². The van der Waals surface area contributed by atoms with E-state index in [-0.39, 0.29) is 11.8 Å². The molecular formula is C10H17NO4. The van der Waals surface area contributed by atoms with Crippen LogP contribution in [-0.2, 0) is 9.59 Å². The lowest BCUT2D eigenvalue weighted by atomic mass is 10.1. The molecule has 1 aliphatic carbocycles. The number of carboxylic acid groups (broad SMARTS) is 1. The lowest BCUT2D eigenvalue weighted by Crippen LogP contribution is -2.49. The third-order valence-electron chi connectivity index (χ3n) is 2.77. The second kappa shape index (κ2) is 5.11. The van der Waals surface area contributed by atoms with Crippen molar-refractivity contribution < 1.29 is 19.8 Å². The van der Waals surface area contributed by atoms with E-state index in [1.54, 1.807) is 0 Å². The minimum atomic E-state index is -1.20. The molecule has 15 heavy (non-hydrogen) atoms. The van der Waals surface area contributed by atoms with E-state index in [0.29, 0.717) is 0 Å². The van der Waals surface area contributed by atoms with Crippen LogP contribution < -0.4 is 5.32 Å². The number of aliphatic hydroxyl groups is 1. The van der Waals surface area contributed by atoms with Crippen LogP contribution in [-0.4, -0.2) is 34.2 Å². The van der Waals surface area contributed by atoms with Crippen molar-refractivity contribution in [3.05, 3.63) is 0 Å². The molecule has 2 atom stereocenters. The van der Waals surface area contributed by atoms with Crippen LogP contribution in [0.25, 0.3) is 0 Å². The molecule has 0 unspecified atom stereocenters. The zero-order valence-corrected chi connectivity index (χ0v) is 8.77. The molecule has 0 saturated heterocycles. The highest BCUT2D eigenvalue weighted by atomic mass is 16.4. The normalized spacial score (nSPS) is 20.9. The first-order valence-electron chi connectivity index (χ1n) is 5.23. The molecule has 0 aliphatic heterocycles. The highest BCUT2D eigenvalue weighted by molar-refractivity contribution is 5.85. The highest BCUT2D eigenvalue weighted by Crippen LogP contribution is 2.24. The van der Waals surface area contributed by atoms with Gasteiger partial charge < -0.3 is 15.5 Å². The van der Waals surface area contributed by atoms with Crippen molar-refractivity contribution in [3.8, 4) is 0 Å². The average molecular weight is 215 g/mol. The van der Waals surface area contributed by atoms with E-state index in [1.165, 1.54) is 6.92 Å². The summed E-state index contributed by atoms with van der Waals surface area (Å²) in [5, 5.41) is 20.3. The molecule has 0 aromatic heterocycles. The summed E-state index contributed by atoms with van der Waals surface area (Å²) in [6.07, 6.45) is 2.60. The molecule has 1 aliphatic rings. The molecule has 0 aromatic rings. The topological polar surface area (TPSA) is 86.6 Å². The Kier molecular flexibility index (Phi) is 4.08. The zero-order chi connectivity index (χ0) is 11.4. The Morgan fingerprint density at radius 2 is 1.87 bits per heavy atom. The number of carboxylic acids is 1. The van der Waals surface area contributed by atoms with E-state index in [2.05, 4.69) is 5.32 Å². The molecule has 1 fully saturated rings. The predicted molar refractivity (Wildman–Crippen MR) is 53.2 cm³/mol. The number of rotatable bonds is 4. The molecule has 1 saturated carbocycles. The zero-order valence-electron chi connectivity index (χ0n) is 8.77. The van der Waals surface area contributed by atoms with Crippen LogP contribution in [0.2, 0.25) is 0 Å². The molecule has 5 heteroatoms. The summed E-state index contributed by atoms with van der Waals surface area (Å²) in [5.74, 6) is -1.53. The first-order chi connectivity index (χ1) is 7.02. The molecule has 0 heterocycles. The fourth-order valence-corrected chi connectivity index (χ4v) is 1.85. The van der Waals surface area contributed by atoms with E-state index < -0.39 is 18.1 Å². The van der Waals surface area contributed by atoms with Crippen molar-refractivity contribution in [1.82, 2.24) is 5.32 Å². The fraction of sp³-hybridized carbons (Fsp3) is 0.800. The van der Waals surface area contributed by atoms with Crippen molar-refractivity contribution in [1.29, 1.82) is 0 Å². The number of hydrogen-bond donors (Lipinski definition) is 3. The first kappa shape index (κ1) is 12.0. The predicted octanol–water partition coefficient (Wildman–Crippen LogP) is 0.127. The Hall–Kier alpha value is -1.10. The Morgan fingerprint density at radius 3 is 2.27 bits per heavy atom. The molecule has 0 spiro atoms. The van der Waals surface area contributed by atoms with Gasteiger partial charge in [0.05, 0.1) is 6.10 Å². The molecule has 3 N–H and O–H groups in total. The van der Waals surface area contributed by atoms with Gasteiger partial charge in [0.25, 0.3) is 0 Å². The largest absolute Gasteiger partial charge is 0.480 e. The van der Waals surface area contributed by atoms with Crippen molar-refractivity contribution in [2.45, 2.75) is 44.8 Å². The molecule has 5 nitrogen and oxygen atoms in total. The number of carbonyl (C=O) groups is 2. The fourth-order valence-electron chi connectivity index (χ4n) is 1.85. The second-order valence-corrected chi connectivity index (χ2v) is 4.05. The van der Waals surface area contributed by atoms with Crippen LogP contribution in [0.5, 0.6) is 0 Å². The quantitative estimate of drug-likeness (QED) is 0.622. The van der Waals surface area contributed by atoms with Gasteiger partial charge in [-0.2, -0.15) is 0 Å².